The van der Waals surface area contributed by atoms with Gasteiger partial charge in [0, 0.05) is 11.8 Å². The van der Waals surface area contributed by atoms with E-state index in [9.17, 15) is 9.90 Å². The molecule has 0 atom stereocenters. The fourth-order valence-corrected chi connectivity index (χ4v) is 4.42. The van der Waals surface area contributed by atoms with Crippen LogP contribution in [0, 0.1) is 0 Å². The third kappa shape index (κ3) is 2.72. The topological polar surface area (TPSA) is 71.5 Å². The number of aromatic nitrogens is 1. The van der Waals surface area contributed by atoms with Gasteiger partial charge in [-0.1, -0.05) is 11.6 Å². The van der Waals surface area contributed by atoms with Gasteiger partial charge in [-0.3, -0.25) is 0 Å². The molecule has 2 aromatic rings. The minimum absolute atomic E-state index is 0.212. The van der Waals surface area contributed by atoms with Crippen LogP contribution in [0.3, 0.4) is 0 Å². The number of nitrogens with one attached hydrogen (secondary N) is 1. The first-order valence-corrected chi connectivity index (χ1v) is 8.83. The Balaban J connectivity index is 1.79. The van der Waals surface area contributed by atoms with E-state index < -0.39 is 5.97 Å². The molecule has 2 bridgehead atoms. The quantitative estimate of drug-likeness (QED) is 0.809. The number of pyridine rings is 1. The van der Waals surface area contributed by atoms with Crippen molar-refractivity contribution in [3.05, 3.63) is 46.2 Å². The van der Waals surface area contributed by atoms with Crippen LogP contribution in [-0.4, -0.2) is 23.2 Å². The zero-order chi connectivity index (χ0) is 17.6. The number of anilines is 2. The van der Waals surface area contributed by atoms with Gasteiger partial charge in [0.15, 0.2) is 5.69 Å². The van der Waals surface area contributed by atoms with Gasteiger partial charge in [-0.15, -0.1) is 0 Å². The Morgan fingerprint density at radius 3 is 2.56 bits per heavy atom. The molecule has 1 aromatic carbocycles. The molecule has 0 saturated heterocycles. The summed E-state index contributed by atoms with van der Waals surface area (Å²) in [5.74, 6) is 0.360. The van der Waals surface area contributed by atoms with Gasteiger partial charge >= 0.3 is 5.97 Å². The number of carboxylic acids is 1. The van der Waals surface area contributed by atoms with Crippen molar-refractivity contribution in [1.29, 1.82) is 0 Å². The van der Waals surface area contributed by atoms with Gasteiger partial charge in [-0.25, -0.2) is 9.78 Å². The van der Waals surface area contributed by atoms with Crippen molar-refractivity contribution < 1.29 is 14.6 Å². The van der Waals surface area contributed by atoms with E-state index in [1.54, 1.807) is 19.4 Å². The highest BCUT2D eigenvalue weighted by Crippen LogP contribution is 2.52. The lowest BCUT2D eigenvalue weighted by atomic mass is 9.66. The predicted octanol–water partition coefficient (Wildman–Crippen LogP) is 4.94. The van der Waals surface area contributed by atoms with Gasteiger partial charge in [0.05, 0.1) is 24.0 Å². The first-order valence-electron chi connectivity index (χ1n) is 8.45. The van der Waals surface area contributed by atoms with Crippen LogP contribution in [0.2, 0.25) is 5.02 Å². The monoisotopic (exact) mass is 358 g/mol. The number of methoxy groups -OCH3 is 1. The van der Waals surface area contributed by atoms with Gasteiger partial charge in [-0.05, 0) is 60.8 Å². The van der Waals surface area contributed by atoms with E-state index in [0.29, 0.717) is 22.6 Å². The number of ether oxygens (including phenoxy) is 1. The molecule has 0 amide bonds. The zero-order valence-corrected chi connectivity index (χ0v) is 14.6. The number of hydrogen-bond donors (Lipinski definition) is 2. The molecule has 1 fully saturated rings. The summed E-state index contributed by atoms with van der Waals surface area (Å²) in [6.45, 7) is 0. The van der Waals surface area contributed by atoms with Crippen LogP contribution >= 0.6 is 11.6 Å². The third-order valence-corrected chi connectivity index (χ3v) is 5.65. The maximum atomic E-state index is 11.6. The molecular formula is C19H19ClN2O3. The number of benzene rings is 1. The van der Waals surface area contributed by atoms with E-state index in [4.69, 9.17) is 16.3 Å². The van der Waals surface area contributed by atoms with Crippen molar-refractivity contribution in [2.45, 2.75) is 37.5 Å². The second-order valence-corrected chi connectivity index (χ2v) is 7.08. The first kappa shape index (κ1) is 16.2. The molecule has 1 heterocycles. The molecule has 3 aliphatic carbocycles. The molecule has 25 heavy (non-hydrogen) atoms. The Bertz CT molecular complexity index is 845. The molecule has 0 unspecified atom stereocenters. The van der Waals surface area contributed by atoms with Crippen molar-refractivity contribution in [1.82, 2.24) is 4.98 Å². The van der Waals surface area contributed by atoms with Crippen molar-refractivity contribution in [3.8, 4) is 5.75 Å². The zero-order valence-electron chi connectivity index (χ0n) is 13.9. The summed E-state index contributed by atoms with van der Waals surface area (Å²) in [7, 11) is 1.58. The van der Waals surface area contributed by atoms with Crippen LogP contribution in [0.25, 0.3) is 0 Å². The summed E-state index contributed by atoms with van der Waals surface area (Å²) in [6.07, 6.45) is 5.97. The molecule has 1 aromatic heterocycles. The number of nitrogens with zero attached hydrogens (tertiary/aromatic N) is 1. The smallest absolute Gasteiger partial charge is 0.354 e. The molecule has 130 valence electrons. The Kier molecular flexibility index (Phi) is 4.04. The summed E-state index contributed by atoms with van der Waals surface area (Å²) in [6, 6.07) is 5.49. The van der Waals surface area contributed by atoms with Crippen molar-refractivity contribution >= 4 is 28.9 Å². The summed E-state index contributed by atoms with van der Waals surface area (Å²) >= 11 is 6.09. The Hall–Kier alpha value is -2.27. The van der Waals surface area contributed by atoms with E-state index in [1.807, 2.05) is 12.1 Å². The number of carboxylic acid groups (broad SMARTS) is 1. The van der Waals surface area contributed by atoms with Gasteiger partial charge in [0.1, 0.15) is 5.75 Å². The lowest BCUT2D eigenvalue weighted by Crippen LogP contribution is -2.26. The average molecular weight is 359 g/mol. The molecule has 1 saturated carbocycles. The van der Waals surface area contributed by atoms with Gasteiger partial charge in [0.25, 0.3) is 0 Å². The molecule has 0 aliphatic heterocycles. The van der Waals surface area contributed by atoms with E-state index >= 15 is 0 Å². The second-order valence-electron chi connectivity index (χ2n) is 6.68. The van der Waals surface area contributed by atoms with Crippen molar-refractivity contribution in [2.24, 2.45) is 0 Å². The minimum atomic E-state index is -0.941. The van der Waals surface area contributed by atoms with Gasteiger partial charge < -0.3 is 15.2 Å². The van der Waals surface area contributed by atoms with Gasteiger partial charge in [0.2, 0.25) is 0 Å². The van der Waals surface area contributed by atoms with E-state index in [1.165, 1.54) is 0 Å². The largest absolute Gasteiger partial charge is 0.495 e. The number of carbonyl (C=O) groups is 1. The lowest BCUT2D eigenvalue weighted by Gasteiger charge is -2.39. The minimum Gasteiger partial charge on any atom is -0.495 e. The molecule has 0 radical (unpaired) electrons. The summed E-state index contributed by atoms with van der Waals surface area (Å²) < 4.78 is 5.27. The van der Waals surface area contributed by atoms with E-state index in [-0.39, 0.29) is 5.69 Å². The van der Waals surface area contributed by atoms with Crippen LogP contribution < -0.4 is 10.1 Å². The van der Waals surface area contributed by atoms with Crippen molar-refractivity contribution in [2.75, 3.05) is 12.4 Å². The number of halogens is 1. The maximum Gasteiger partial charge on any atom is 0.354 e. The Morgan fingerprint density at radius 2 is 1.92 bits per heavy atom. The first-order chi connectivity index (χ1) is 12.1. The summed E-state index contributed by atoms with van der Waals surface area (Å²) in [5.41, 5.74) is 4.00. The average Bonchev–Trinajstić information content (AvgIpc) is 2.64. The fourth-order valence-electron chi connectivity index (χ4n) is 4.23. The second kappa shape index (κ2) is 6.23. The number of hydrogen-bond acceptors (Lipinski definition) is 4. The van der Waals surface area contributed by atoms with Crippen LogP contribution in [0.5, 0.6) is 5.75 Å². The van der Waals surface area contributed by atoms with Crippen LogP contribution in [0.15, 0.2) is 24.4 Å². The molecule has 0 spiro atoms. The molecule has 5 nitrogen and oxygen atoms in total. The van der Waals surface area contributed by atoms with E-state index in [0.717, 1.165) is 48.2 Å². The van der Waals surface area contributed by atoms with Crippen LogP contribution in [0.4, 0.5) is 11.4 Å². The number of aromatic carboxylic acids is 1. The molecule has 6 heteroatoms. The van der Waals surface area contributed by atoms with Crippen LogP contribution in [-0.2, 0) is 0 Å². The van der Waals surface area contributed by atoms with Crippen LogP contribution in [0.1, 0.15) is 59.1 Å². The standard InChI is InChI=1S/C19H19ClN2O3/c1-25-15-8-12(6-7-13(15)20)22-14-9-21-18(19(23)24)17-11-4-2-10(3-5-11)16(14)17/h6-11,22H,2-5H2,1H3,(H,23,24). The predicted molar refractivity (Wildman–Crippen MR) is 96.4 cm³/mol. The summed E-state index contributed by atoms with van der Waals surface area (Å²) in [5, 5.41) is 13.5. The number of rotatable bonds is 4. The Labute approximate surface area is 151 Å². The summed E-state index contributed by atoms with van der Waals surface area (Å²) in [4.78, 5) is 15.9. The SMILES string of the molecule is COc1cc(Nc2cnc(C(=O)O)c3c2C2CCC3CC2)ccc1Cl. The third-order valence-electron chi connectivity index (χ3n) is 5.33. The fraction of sp³-hybridized carbons (Fsp3) is 0.368. The molecule has 3 aliphatic rings. The lowest BCUT2D eigenvalue weighted by molar-refractivity contribution is 0.0687. The highest BCUT2D eigenvalue weighted by Gasteiger charge is 2.38. The van der Waals surface area contributed by atoms with Gasteiger partial charge in [-0.2, -0.15) is 0 Å². The number of fused-ring (bicyclic) bond motifs is 2. The highest BCUT2D eigenvalue weighted by atomic mass is 35.5. The highest BCUT2D eigenvalue weighted by molar-refractivity contribution is 6.32. The Morgan fingerprint density at radius 1 is 1.24 bits per heavy atom. The van der Waals surface area contributed by atoms with Crippen molar-refractivity contribution in [3.63, 3.8) is 0 Å². The maximum absolute atomic E-state index is 11.6. The molecule has 2 N–H and O–H groups in total. The normalized spacial score (nSPS) is 20.9. The molecular weight excluding hydrogens is 340 g/mol. The molecule has 5 rings (SSSR count). The van der Waals surface area contributed by atoms with E-state index in [2.05, 4.69) is 10.3 Å².